The zero-order chi connectivity index (χ0) is 29.5. The number of likely N-dealkylation sites (N-methyl/N-ethyl adjacent to an activating group) is 1. The molecule has 1 aliphatic rings. The van der Waals surface area contributed by atoms with Crippen molar-refractivity contribution in [2.45, 2.75) is 57.1 Å². The van der Waals surface area contributed by atoms with Gasteiger partial charge in [-0.1, -0.05) is 17.7 Å². The highest BCUT2D eigenvalue weighted by Gasteiger charge is 2.41. The molecular weight excluding hydrogens is 557 g/mol. The molecule has 2 atom stereocenters. The van der Waals surface area contributed by atoms with Crippen LogP contribution in [0.4, 0.5) is 35.5 Å². The molecule has 0 spiro atoms. The van der Waals surface area contributed by atoms with Crippen molar-refractivity contribution in [1.82, 2.24) is 9.80 Å². The number of benzene rings is 2. The van der Waals surface area contributed by atoms with E-state index in [1.807, 2.05) is 0 Å². The van der Waals surface area contributed by atoms with Crippen molar-refractivity contribution < 1.29 is 45.1 Å². The topological polar surface area (TPSA) is 49.9 Å². The first-order chi connectivity index (χ1) is 17.8. The fraction of sp³-hybridized carbons (Fsp3) is 0.462. The van der Waals surface area contributed by atoms with Gasteiger partial charge in [0, 0.05) is 37.7 Å². The second kappa shape index (κ2) is 10.9. The lowest BCUT2D eigenvalue weighted by atomic mass is 9.84. The molecule has 0 aliphatic carbocycles. The quantitative estimate of drug-likeness (QED) is 0.355. The molecule has 1 fully saturated rings. The maximum Gasteiger partial charge on any atom is 0.416 e. The van der Waals surface area contributed by atoms with Crippen LogP contribution in [0.1, 0.15) is 60.2 Å². The van der Waals surface area contributed by atoms with Crippen LogP contribution in [0.3, 0.4) is 0 Å². The van der Waals surface area contributed by atoms with Crippen LogP contribution in [0.25, 0.3) is 0 Å². The average Bonchev–Trinajstić information content (AvgIpc) is 2.82. The number of nitrogens with zero attached hydrogens (tertiary/aromatic N) is 2. The molecule has 0 radical (unpaired) electrons. The van der Waals surface area contributed by atoms with Crippen LogP contribution in [-0.4, -0.2) is 53.6 Å². The Labute approximate surface area is 225 Å². The third kappa shape index (κ3) is 7.34. The molecule has 3 rings (SSSR count). The second-order valence-electron chi connectivity index (χ2n) is 10.3. The summed E-state index contributed by atoms with van der Waals surface area (Å²) in [5.41, 5.74) is -4.43. The Morgan fingerprint density at radius 3 is 2.03 bits per heavy atom. The van der Waals surface area contributed by atoms with Crippen molar-refractivity contribution in [1.29, 1.82) is 0 Å². The summed E-state index contributed by atoms with van der Waals surface area (Å²) in [4.78, 5) is 28.4. The molecule has 214 valence electrons. The van der Waals surface area contributed by atoms with Crippen molar-refractivity contribution in [2.75, 3.05) is 20.1 Å². The molecule has 5 nitrogen and oxygen atoms in total. The van der Waals surface area contributed by atoms with E-state index >= 15 is 0 Å². The van der Waals surface area contributed by atoms with E-state index in [-0.39, 0.29) is 30.6 Å². The number of alkyl halides is 6. The van der Waals surface area contributed by atoms with Crippen LogP contribution < -0.4 is 0 Å². The average molecular weight is 583 g/mol. The SMILES string of the molecule is CN(C(=O)c1cc(C(F)(F)F)cc(C(F)(F)F)c1)[C@@H]1CCN(C(=O)OC(C)(C)C)C[C@H]1c1ccc(F)c(Cl)c1. The zero-order valence-electron chi connectivity index (χ0n) is 21.4. The Kier molecular flexibility index (Phi) is 8.50. The number of carbonyl (C=O) groups is 2. The van der Waals surface area contributed by atoms with Crippen LogP contribution >= 0.6 is 11.6 Å². The number of hydrogen-bond donors (Lipinski definition) is 0. The minimum absolute atomic E-state index is 0.0322. The fourth-order valence-electron chi connectivity index (χ4n) is 4.40. The molecule has 1 saturated heterocycles. The van der Waals surface area contributed by atoms with Gasteiger partial charge in [-0.3, -0.25) is 4.79 Å². The standard InChI is InChI=1S/C26H26ClF7N2O3/c1-24(2,3)39-23(38)36-8-7-21(18(13-36)14-5-6-20(28)19(27)11-14)35(4)22(37)15-9-16(25(29,30)31)12-17(10-15)26(32,33)34/h5-6,9-12,18,21H,7-8,13H2,1-4H3/t18-,21+/m0/s1. The number of rotatable bonds is 3. The third-order valence-corrected chi connectivity index (χ3v) is 6.54. The summed E-state index contributed by atoms with van der Waals surface area (Å²) in [5.74, 6) is -2.52. The Morgan fingerprint density at radius 1 is 0.974 bits per heavy atom. The van der Waals surface area contributed by atoms with Gasteiger partial charge in [0.15, 0.2) is 0 Å². The normalized spacial score (nSPS) is 18.6. The van der Waals surface area contributed by atoms with Gasteiger partial charge in [0.25, 0.3) is 5.91 Å². The number of ether oxygens (including phenoxy) is 1. The first-order valence-electron chi connectivity index (χ1n) is 11.8. The lowest BCUT2D eigenvalue weighted by Gasteiger charge is -2.43. The van der Waals surface area contributed by atoms with E-state index in [4.69, 9.17) is 16.3 Å². The summed E-state index contributed by atoms with van der Waals surface area (Å²) in [7, 11) is 1.25. The molecule has 0 saturated carbocycles. The maximum absolute atomic E-state index is 13.9. The van der Waals surface area contributed by atoms with Gasteiger partial charge in [-0.25, -0.2) is 9.18 Å². The zero-order valence-corrected chi connectivity index (χ0v) is 22.1. The van der Waals surface area contributed by atoms with Crippen LogP contribution in [-0.2, 0) is 17.1 Å². The lowest BCUT2D eigenvalue weighted by molar-refractivity contribution is -0.143. The van der Waals surface area contributed by atoms with Gasteiger partial charge in [-0.2, -0.15) is 26.3 Å². The summed E-state index contributed by atoms with van der Waals surface area (Å²) in [6.45, 7) is 5.07. The monoisotopic (exact) mass is 582 g/mol. The largest absolute Gasteiger partial charge is 0.444 e. The van der Waals surface area contributed by atoms with Crippen LogP contribution in [0.2, 0.25) is 5.02 Å². The second-order valence-corrected chi connectivity index (χ2v) is 10.7. The molecule has 1 heterocycles. The first kappa shape index (κ1) is 30.5. The highest BCUT2D eigenvalue weighted by Crippen LogP contribution is 2.38. The molecule has 1 aliphatic heterocycles. The smallest absolute Gasteiger partial charge is 0.416 e. The minimum Gasteiger partial charge on any atom is -0.444 e. The Balaban J connectivity index is 2.00. The molecule has 39 heavy (non-hydrogen) atoms. The molecule has 2 amide bonds. The molecule has 2 aromatic rings. The van der Waals surface area contributed by atoms with Crippen molar-refractivity contribution in [3.63, 3.8) is 0 Å². The van der Waals surface area contributed by atoms with Crippen LogP contribution in [0.15, 0.2) is 36.4 Å². The summed E-state index contributed by atoms with van der Waals surface area (Å²) in [6, 6.07) is 3.67. The number of hydrogen-bond acceptors (Lipinski definition) is 3. The van der Waals surface area contributed by atoms with Crippen molar-refractivity contribution >= 4 is 23.6 Å². The molecule has 0 bridgehead atoms. The molecular formula is C26H26ClF7N2O3. The predicted molar refractivity (Wildman–Crippen MR) is 129 cm³/mol. The Morgan fingerprint density at radius 2 is 1.54 bits per heavy atom. The van der Waals surface area contributed by atoms with Crippen molar-refractivity contribution in [3.05, 3.63) is 69.5 Å². The summed E-state index contributed by atoms with van der Waals surface area (Å²) in [5, 5.41) is -0.234. The van der Waals surface area contributed by atoms with Gasteiger partial charge < -0.3 is 14.5 Å². The number of halogens is 8. The fourth-order valence-corrected chi connectivity index (χ4v) is 4.59. The minimum atomic E-state index is -5.12. The van der Waals surface area contributed by atoms with E-state index in [1.165, 1.54) is 24.1 Å². The van der Waals surface area contributed by atoms with Gasteiger partial charge in [0.2, 0.25) is 0 Å². The molecule has 13 heteroatoms. The number of piperidine rings is 1. The summed E-state index contributed by atoms with van der Waals surface area (Å²) >= 11 is 5.95. The third-order valence-electron chi connectivity index (χ3n) is 6.25. The molecule has 0 aromatic heterocycles. The number of carbonyl (C=O) groups excluding carboxylic acids is 2. The van der Waals surface area contributed by atoms with E-state index in [0.717, 1.165) is 11.0 Å². The summed E-state index contributed by atoms with van der Waals surface area (Å²) in [6.07, 6.45) is -10.8. The highest BCUT2D eigenvalue weighted by molar-refractivity contribution is 6.30. The van der Waals surface area contributed by atoms with Gasteiger partial charge in [0.1, 0.15) is 11.4 Å². The Hall–Kier alpha value is -3.02. The number of likely N-dealkylation sites (tertiary alicyclic amines) is 1. The Bertz CT molecular complexity index is 1210. The van der Waals surface area contributed by atoms with Crippen LogP contribution in [0, 0.1) is 5.82 Å². The van der Waals surface area contributed by atoms with Crippen LogP contribution in [0.5, 0.6) is 0 Å². The molecule has 0 unspecified atom stereocenters. The molecule has 2 aromatic carbocycles. The highest BCUT2D eigenvalue weighted by atomic mass is 35.5. The maximum atomic E-state index is 13.9. The van der Waals surface area contributed by atoms with Gasteiger partial charge in [-0.15, -0.1) is 0 Å². The summed E-state index contributed by atoms with van der Waals surface area (Å²) < 4.78 is 99.4. The molecule has 0 N–H and O–H groups in total. The van der Waals surface area contributed by atoms with E-state index in [0.29, 0.717) is 17.7 Å². The van der Waals surface area contributed by atoms with E-state index < -0.39 is 64.4 Å². The van der Waals surface area contributed by atoms with Gasteiger partial charge in [0.05, 0.1) is 16.1 Å². The van der Waals surface area contributed by atoms with Crippen molar-refractivity contribution in [2.24, 2.45) is 0 Å². The predicted octanol–water partition coefficient (Wildman–Crippen LogP) is 7.38. The van der Waals surface area contributed by atoms with Gasteiger partial charge in [-0.05, 0) is 63.1 Å². The van der Waals surface area contributed by atoms with Gasteiger partial charge >= 0.3 is 18.4 Å². The van der Waals surface area contributed by atoms with E-state index in [9.17, 15) is 40.3 Å². The van der Waals surface area contributed by atoms with Crippen molar-refractivity contribution in [3.8, 4) is 0 Å². The lowest BCUT2D eigenvalue weighted by Crippen LogP contribution is -2.52. The van der Waals surface area contributed by atoms with E-state index in [1.54, 1.807) is 20.8 Å². The first-order valence-corrected chi connectivity index (χ1v) is 12.1. The number of amides is 2. The van der Waals surface area contributed by atoms with E-state index in [2.05, 4.69) is 0 Å².